The van der Waals surface area contributed by atoms with E-state index in [0.717, 1.165) is 87.3 Å². The molecule has 2 nitrogen and oxygen atoms in total. The van der Waals surface area contributed by atoms with Crippen LogP contribution in [0, 0.1) is 11.6 Å². The summed E-state index contributed by atoms with van der Waals surface area (Å²) < 4.78 is 60.3. The molecule has 2 atom stereocenters. The predicted octanol–water partition coefficient (Wildman–Crippen LogP) is 10.8. The van der Waals surface area contributed by atoms with Gasteiger partial charge in [0.2, 0.25) is 0 Å². The van der Waals surface area contributed by atoms with Crippen LogP contribution in [0.3, 0.4) is 0 Å². The minimum Gasteiger partial charge on any atom is -0.309 e. The molecule has 0 saturated carbocycles. The van der Waals surface area contributed by atoms with Gasteiger partial charge in [-0.15, -0.1) is 0 Å². The molecule has 0 spiro atoms. The van der Waals surface area contributed by atoms with Gasteiger partial charge in [-0.25, -0.2) is 8.78 Å². The zero-order valence-electron chi connectivity index (χ0n) is 29.8. The highest BCUT2D eigenvalue weighted by Crippen LogP contribution is 2.57. The first-order valence-corrected chi connectivity index (χ1v) is 21.9. The largest absolute Gasteiger partial charge is 0.309 e. The average Bonchev–Trinajstić information content (AvgIpc) is 3.64. The smallest absolute Gasteiger partial charge is 0.172 e. The number of benzene rings is 9. The van der Waals surface area contributed by atoms with Gasteiger partial charge in [0.25, 0.3) is 0 Å². The van der Waals surface area contributed by atoms with E-state index in [4.69, 9.17) is 0 Å². The quantitative estimate of drug-likeness (QED) is 0.132. The Hall–Kier alpha value is -6.18. The highest BCUT2D eigenvalue weighted by atomic mass is 31.2. The van der Waals surface area contributed by atoms with E-state index in [1.165, 1.54) is 24.3 Å². The van der Waals surface area contributed by atoms with Gasteiger partial charge in [-0.3, -0.25) is 0 Å². The summed E-state index contributed by atoms with van der Waals surface area (Å²) in [6.45, 7) is 0. The minimum absolute atomic E-state index is 0.380. The highest BCUT2D eigenvalue weighted by Gasteiger charge is 2.43. The predicted molar refractivity (Wildman–Crippen MR) is 229 cm³/mol. The number of halogens is 2. The number of rotatable bonds is 4. The van der Waals surface area contributed by atoms with Crippen LogP contribution in [0.25, 0.3) is 66.1 Å². The summed E-state index contributed by atoms with van der Waals surface area (Å²) in [5.41, 5.74) is 7.46. The van der Waals surface area contributed by atoms with E-state index in [9.17, 15) is 8.78 Å². The van der Waals surface area contributed by atoms with Crippen LogP contribution in [0.5, 0.6) is 0 Å². The monoisotopic (exact) mass is 762 g/mol. The number of hydrogen-bond acceptors (Lipinski definition) is 2. The molecule has 9 aromatic rings. The molecule has 56 heavy (non-hydrogen) atoms. The third-order valence-electron chi connectivity index (χ3n) is 11.6. The van der Waals surface area contributed by atoms with Crippen molar-refractivity contribution in [2.45, 2.75) is 0 Å². The van der Waals surface area contributed by atoms with Crippen molar-refractivity contribution in [3.63, 3.8) is 0 Å². The van der Waals surface area contributed by atoms with Crippen LogP contribution in [0.4, 0.5) is 8.78 Å². The second kappa shape index (κ2) is 12.2. The summed E-state index contributed by atoms with van der Waals surface area (Å²) >= 11 is 0. The Morgan fingerprint density at radius 2 is 0.661 bits per heavy atom. The van der Waals surface area contributed by atoms with Crippen LogP contribution >= 0.6 is 14.3 Å². The van der Waals surface area contributed by atoms with Crippen molar-refractivity contribution in [3.8, 4) is 44.5 Å². The topological polar surface area (TPSA) is 34.1 Å². The van der Waals surface area contributed by atoms with E-state index in [1.807, 2.05) is 84.9 Å². The van der Waals surface area contributed by atoms with E-state index in [1.54, 1.807) is 24.3 Å². The van der Waals surface area contributed by atoms with Crippen molar-refractivity contribution < 1.29 is 17.9 Å². The normalized spacial score (nSPS) is 17.8. The summed E-state index contributed by atoms with van der Waals surface area (Å²) in [5, 5.41) is 7.89. The van der Waals surface area contributed by atoms with Crippen molar-refractivity contribution in [1.29, 1.82) is 0 Å². The third kappa shape index (κ3) is 4.55. The van der Waals surface area contributed by atoms with E-state index >= 15 is 9.13 Å². The molecule has 0 aromatic heterocycles. The maximum absolute atomic E-state index is 15.8. The summed E-state index contributed by atoms with van der Waals surface area (Å²) in [6, 6.07) is 56.9. The number of fused-ring (bicyclic) bond motifs is 8. The van der Waals surface area contributed by atoms with Crippen LogP contribution in [0.1, 0.15) is 0 Å². The van der Waals surface area contributed by atoms with Crippen molar-refractivity contribution in [1.82, 2.24) is 0 Å². The molecule has 9 aromatic carbocycles. The van der Waals surface area contributed by atoms with Gasteiger partial charge in [-0.1, -0.05) is 109 Å². The lowest BCUT2D eigenvalue weighted by atomic mass is 9.84. The lowest BCUT2D eigenvalue weighted by Gasteiger charge is -2.22. The average molecular weight is 763 g/mol. The first-order chi connectivity index (χ1) is 27.4. The van der Waals surface area contributed by atoms with Gasteiger partial charge in [0, 0.05) is 31.8 Å². The fourth-order valence-corrected chi connectivity index (χ4v) is 15.2. The first kappa shape index (κ1) is 33.2. The Morgan fingerprint density at radius 1 is 0.321 bits per heavy atom. The van der Waals surface area contributed by atoms with Gasteiger partial charge < -0.3 is 9.13 Å². The van der Waals surface area contributed by atoms with E-state index in [2.05, 4.69) is 48.5 Å². The Balaban J connectivity index is 1.34. The minimum atomic E-state index is -3.43. The van der Waals surface area contributed by atoms with Crippen molar-refractivity contribution in [3.05, 3.63) is 194 Å². The summed E-state index contributed by atoms with van der Waals surface area (Å²) in [6.07, 6.45) is 0. The fraction of sp³-hybridized carbons (Fsp3) is 0. The molecule has 2 heterocycles. The molecule has 0 aliphatic carbocycles. The zero-order valence-corrected chi connectivity index (χ0v) is 31.6. The van der Waals surface area contributed by atoms with Crippen molar-refractivity contribution in [2.75, 3.05) is 0 Å². The van der Waals surface area contributed by atoms with E-state index < -0.39 is 14.3 Å². The molecular weight excluding hydrogens is 732 g/mol. The SMILES string of the molecule is O=P1(c2ccc(F)cc2)c2ccccc2-c2cc3c(-c4ccccc4)c4cc5c(cc4c(-c4ccccc4)c3cc21)-c1ccccc1P5(=O)c1ccc(F)cc1. The van der Waals surface area contributed by atoms with Gasteiger partial charge in [-0.2, -0.15) is 0 Å². The molecule has 266 valence electrons. The van der Waals surface area contributed by atoms with Crippen LogP contribution in [0.15, 0.2) is 182 Å². The molecular formula is C50H30F2O2P2. The Kier molecular flexibility index (Phi) is 7.20. The molecule has 2 unspecified atom stereocenters. The fourth-order valence-electron chi connectivity index (χ4n) is 9.15. The standard InChI is InChI=1S/C50H30F2O2P2/c51-33-19-23-35(24-20-33)55(53)46-18-10-8-16-38(46)40-28-42-43(29-47(40)55)49(31-11-3-1-4-12-31)41-27-39-37-15-7-9-17-45(37)56(54,36-25-21-34(52)22-26-36)48(39)30-44(41)50(42)32-13-5-2-6-14-32/h1-30H. The third-order valence-corrected chi connectivity index (χ3v) is 17.9. The van der Waals surface area contributed by atoms with E-state index in [0.29, 0.717) is 10.6 Å². The molecule has 0 saturated heterocycles. The van der Waals surface area contributed by atoms with Gasteiger partial charge in [0.05, 0.1) is 0 Å². The molecule has 0 radical (unpaired) electrons. The molecule has 2 aliphatic rings. The highest BCUT2D eigenvalue weighted by molar-refractivity contribution is 7.87. The molecule has 11 rings (SSSR count). The molecule has 0 bridgehead atoms. The van der Waals surface area contributed by atoms with Crippen LogP contribution < -0.4 is 31.8 Å². The van der Waals surface area contributed by atoms with Crippen LogP contribution in [-0.2, 0) is 9.13 Å². The maximum atomic E-state index is 15.8. The van der Waals surface area contributed by atoms with Gasteiger partial charge in [-0.05, 0) is 139 Å². The molecule has 0 N–H and O–H groups in total. The zero-order chi connectivity index (χ0) is 37.8. The second-order valence-corrected chi connectivity index (χ2v) is 19.9. The Labute approximate surface area is 322 Å². The Morgan fingerprint density at radius 3 is 1.05 bits per heavy atom. The molecule has 0 amide bonds. The van der Waals surface area contributed by atoms with Crippen LogP contribution in [-0.4, -0.2) is 0 Å². The molecule has 2 aliphatic heterocycles. The van der Waals surface area contributed by atoms with Crippen molar-refractivity contribution >= 4 is 67.7 Å². The number of hydrogen-bond donors (Lipinski definition) is 0. The lowest BCUT2D eigenvalue weighted by Crippen LogP contribution is -2.21. The summed E-state index contributed by atoms with van der Waals surface area (Å²) in [4.78, 5) is 0. The maximum Gasteiger partial charge on any atom is 0.172 e. The van der Waals surface area contributed by atoms with Gasteiger partial charge in [0.15, 0.2) is 14.3 Å². The Bertz CT molecular complexity index is 2980. The summed E-state index contributed by atoms with van der Waals surface area (Å²) in [7, 11) is -6.85. The second-order valence-electron chi connectivity index (χ2n) is 14.5. The van der Waals surface area contributed by atoms with Crippen LogP contribution in [0.2, 0.25) is 0 Å². The lowest BCUT2D eigenvalue weighted by molar-refractivity contribution is 0.592. The van der Waals surface area contributed by atoms with E-state index in [-0.39, 0.29) is 11.6 Å². The van der Waals surface area contributed by atoms with Crippen molar-refractivity contribution in [2.24, 2.45) is 0 Å². The molecule has 6 heteroatoms. The first-order valence-electron chi connectivity index (χ1n) is 18.5. The van der Waals surface area contributed by atoms with Gasteiger partial charge in [0.1, 0.15) is 11.6 Å². The molecule has 0 fully saturated rings. The van der Waals surface area contributed by atoms with Gasteiger partial charge >= 0.3 is 0 Å². The summed E-state index contributed by atoms with van der Waals surface area (Å²) in [5.74, 6) is -0.759.